The third kappa shape index (κ3) is 2.11. The summed E-state index contributed by atoms with van der Waals surface area (Å²) in [7, 11) is 0. The number of benzene rings is 1. The minimum Gasteiger partial charge on any atom is -0.369 e. The standard InChI is InChI=1S/C12H14ClN3S/c13-9-1-2-11-10(5-9)15-12(14)16(11)6-8-3-4-17-7-8/h1-2,5,8H,3-4,6-7H2,(H2,14,15). The maximum absolute atomic E-state index is 5.98. The number of nitrogens with zero attached hydrogens (tertiary/aromatic N) is 2. The van der Waals surface area contributed by atoms with Gasteiger partial charge < -0.3 is 10.3 Å². The largest absolute Gasteiger partial charge is 0.369 e. The normalized spacial score (nSPS) is 20.2. The van der Waals surface area contributed by atoms with Crippen molar-refractivity contribution in [2.45, 2.75) is 13.0 Å². The van der Waals surface area contributed by atoms with Gasteiger partial charge in [0.25, 0.3) is 0 Å². The van der Waals surface area contributed by atoms with Gasteiger partial charge in [-0.2, -0.15) is 11.8 Å². The van der Waals surface area contributed by atoms with Gasteiger partial charge in [-0.25, -0.2) is 4.98 Å². The van der Waals surface area contributed by atoms with Gasteiger partial charge in [-0.3, -0.25) is 0 Å². The lowest BCUT2D eigenvalue weighted by Crippen LogP contribution is -2.12. The molecule has 1 aromatic heterocycles. The van der Waals surface area contributed by atoms with Crippen LogP contribution in [0, 0.1) is 5.92 Å². The molecule has 2 aromatic rings. The highest BCUT2D eigenvalue weighted by Crippen LogP contribution is 2.28. The summed E-state index contributed by atoms with van der Waals surface area (Å²) in [6.45, 7) is 0.969. The summed E-state index contributed by atoms with van der Waals surface area (Å²) < 4.78 is 2.11. The second kappa shape index (κ2) is 4.42. The number of rotatable bonds is 2. The first-order valence-corrected chi connectivity index (χ1v) is 7.26. The summed E-state index contributed by atoms with van der Waals surface area (Å²) in [6, 6.07) is 5.77. The fourth-order valence-corrected chi connectivity index (χ4v) is 3.74. The number of nitrogen functional groups attached to an aromatic ring is 1. The molecule has 0 bridgehead atoms. The maximum atomic E-state index is 5.98. The Morgan fingerprint density at radius 2 is 2.41 bits per heavy atom. The van der Waals surface area contributed by atoms with Crippen LogP contribution in [0.4, 0.5) is 5.95 Å². The Morgan fingerprint density at radius 3 is 3.18 bits per heavy atom. The van der Waals surface area contributed by atoms with Crippen molar-refractivity contribution in [3.8, 4) is 0 Å². The third-order valence-corrected chi connectivity index (χ3v) is 4.67. The van der Waals surface area contributed by atoms with E-state index in [1.807, 2.05) is 30.0 Å². The van der Waals surface area contributed by atoms with E-state index in [0.717, 1.165) is 23.5 Å². The van der Waals surface area contributed by atoms with E-state index in [2.05, 4.69) is 9.55 Å². The van der Waals surface area contributed by atoms with Crippen molar-refractivity contribution in [3.05, 3.63) is 23.2 Å². The lowest BCUT2D eigenvalue weighted by molar-refractivity contribution is 0.505. The lowest BCUT2D eigenvalue weighted by Gasteiger charge is -2.11. The Balaban J connectivity index is 1.99. The summed E-state index contributed by atoms with van der Waals surface area (Å²) in [6.07, 6.45) is 1.28. The van der Waals surface area contributed by atoms with Crippen LogP contribution in [0.3, 0.4) is 0 Å². The van der Waals surface area contributed by atoms with Gasteiger partial charge in [-0.1, -0.05) is 11.6 Å². The lowest BCUT2D eigenvalue weighted by atomic mass is 10.1. The van der Waals surface area contributed by atoms with Gasteiger partial charge in [-0.05, 0) is 42.0 Å². The predicted molar refractivity (Wildman–Crippen MR) is 74.6 cm³/mol. The number of aromatic nitrogens is 2. The summed E-state index contributed by atoms with van der Waals surface area (Å²) in [4.78, 5) is 4.37. The first-order chi connectivity index (χ1) is 8.24. The summed E-state index contributed by atoms with van der Waals surface area (Å²) in [5.41, 5.74) is 7.96. The Morgan fingerprint density at radius 1 is 1.53 bits per heavy atom. The van der Waals surface area contributed by atoms with Crippen molar-refractivity contribution in [2.24, 2.45) is 5.92 Å². The summed E-state index contributed by atoms with van der Waals surface area (Å²) in [5, 5.41) is 0.707. The molecule has 0 spiro atoms. The molecular weight excluding hydrogens is 254 g/mol. The predicted octanol–water partition coefficient (Wildman–Crippen LogP) is 3.03. The zero-order valence-corrected chi connectivity index (χ0v) is 11.0. The Kier molecular flexibility index (Phi) is 2.92. The molecule has 1 atom stereocenters. The molecule has 2 N–H and O–H groups in total. The number of hydrogen-bond acceptors (Lipinski definition) is 3. The Labute approximate surface area is 109 Å². The molecule has 1 unspecified atom stereocenters. The number of hydrogen-bond donors (Lipinski definition) is 1. The summed E-state index contributed by atoms with van der Waals surface area (Å²) in [5.74, 6) is 3.81. The van der Waals surface area contributed by atoms with E-state index in [9.17, 15) is 0 Å². The molecule has 3 nitrogen and oxygen atoms in total. The van der Waals surface area contributed by atoms with Crippen molar-refractivity contribution in [2.75, 3.05) is 17.2 Å². The van der Waals surface area contributed by atoms with Crippen molar-refractivity contribution >= 4 is 40.3 Å². The van der Waals surface area contributed by atoms with Crippen LogP contribution in [0.25, 0.3) is 11.0 Å². The number of anilines is 1. The van der Waals surface area contributed by atoms with E-state index in [1.165, 1.54) is 17.9 Å². The molecule has 0 amide bonds. The molecule has 0 radical (unpaired) electrons. The molecular formula is C12H14ClN3S. The molecule has 1 aliphatic rings. The molecule has 3 rings (SSSR count). The van der Waals surface area contributed by atoms with Gasteiger partial charge >= 0.3 is 0 Å². The van der Waals surface area contributed by atoms with Gasteiger partial charge in [0.05, 0.1) is 11.0 Å². The van der Waals surface area contributed by atoms with E-state index in [-0.39, 0.29) is 0 Å². The minimum atomic E-state index is 0.596. The highest BCUT2D eigenvalue weighted by Gasteiger charge is 2.18. The van der Waals surface area contributed by atoms with Gasteiger partial charge in [0.2, 0.25) is 5.95 Å². The van der Waals surface area contributed by atoms with Crippen LogP contribution in [-0.2, 0) is 6.54 Å². The van der Waals surface area contributed by atoms with Crippen LogP contribution in [0.15, 0.2) is 18.2 Å². The van der Waals surface area contributed by atoms with Crippen LogP contribution in [-0.4, -0.2) is 21.1 Å². The van der Waals surface area contributed by atoms with Crippen LogP contribution in [0.5, 0.6) is 0 Å². The van der Waals surface area contributed by atoms with Gasteiger partial charge in [0, 0.05) is 11.6 Å². The van der Waals surface area contributed by atoms with Crippen molar-refractivity contribution in [1.82, 2.24) is 9.55 Å². The fourth-order valence-electron chi connectivity index (χ4n) is 2.30. The zero-order valence-electron chi connectivity index (χ0n) is 9.40. The van der Waals surface area contributed by atoms with E-state index in [0.29, 0.717) is 11.0 Å². The van der Waals surface area contributed by atoms with Crippen molar-refractivity contribution < 1.29 is 0 Å². The quantitative estimate of drug-likeness (QED) is 0.910. The smallest absolute Gasteiger partial charge is 0.201 e. The van der Waals surface area contributed by atoms with E-state index >= 15 is 0 Å². The first-order valence-electron chi connectivity index (χ1n) is 5.73. The maximum Gasteiger partial charge on any atom is 0.201 e. The molecule has 1 aromatic carbocycles. The second-order valence-electron chi connectivity index (χ2n) is 4.44. The Hall–Kier alpha value is -0.870. The van der Waals surface area contributed by atoms with Gasteiger partial charge in [0.15, 0.2) is 0 Å². The highest BCUT2D eigenvalue weighted by atomic mass is 35.5. The van der Waals surface area contributed by atoms with E-state index in [4.69, 9.17) is 17.3 Å². The molecule has 2 heterocycles. The number of halogens is 1. The molecule has 1 saturated heterocycles. The summed E-state index contributed by atoms with van der Waals surface area (Å²) >= 11 is 7.98. The Bertz CT molecular complexity index is 546. The van der Waals surface area contributed by atoms with Crippen LogP contribution >= 0.6 is 23.4 Å². The molecule has 17 heavy (non-hydrogen) atoms. The number of imidazole rings is 1. The average molecular weight is 268 g/mol. The SMILES string of the molecule is Nc1nc2cc(Cl)ccc2n1CC1CCSC1. The first kappa shape index (κ1) is 11.2. The third-order valence-electron chi connectivity index (χ3n) is 3.20. The second-order valence-corrected chi connectivity index (χ2v) is 6.03. The van der Waals surface area contributed by atoms with Crippen LogP contribution in [0.1, 0.15) is 6.42 Å². The molecule has 0 aliphatic carbocycles. The number of fused-ring (bicyclic) bond motifs is 1. The molecule has 1 fully saturated rings. The zero-order chi connectivity index (χ0) is 11.8. The topological polar surface area (TPSA) is 43.8 Å². The molecule has 1 aliphatic heterocycles. The number of thioether (sulfide) groups is 1. The van der Waals surface area contributed by atoms with Gasteiger partial charge in [-0.15, -0.1) is 0 Å². The van der Waals surface area contributed by atoms with Crippen LogP contribution in [0.2, 0.25) is 5.02 Å². The monoisotopic (exact) mass is 267 g/mol. The fraction of sp³-hybridized carbons (Fsp3) is 0.417. The molecule has 90 valence electrons. The van der Waals surface area contributed by atoms with Crippen LogP contribution < -0.4 is 5.73 Å². The highest BCUT2D eigenvalue weighted by molar-refractivity contribution is 7.99. The van der Waals surface area contributed by atoms with Crippen molar-refractivity contribution in [1.29, 1.82) is 0 Å². The van der Waals surface area contributed by atoms with E-state index < -0.39 is 0 Å². The minimum absolute atomic E-state index is 0.596. The van der Waals surface area contributed by atoms with Crippen molar-refractivity contribution in [3.63, 3.8) is 0 Å². The number of nitrogens with two attached hydrogens (primary N) is 1. The van der Waals surface area contributed by atoms with E-state index in [1.54, 1.807) is 0 Å². The van der Waals surface area contributed by atoms with Gasteiger partial charge in [0.1, 0.15) is 0 Å². The molecule has 0 saturated carbocycles. The molecule has 5 heteroatoms. The average Bonchev–Trinajstić information content (AvgIpc) is 2.88.